The van der Waals surface area contributed by atoms with Crippen LogP contribution in [0.3, 0.4) is 0 Å². The Morgan fingerprint density at radius 1 is 1.19 bits per heavy atom. The number of ether oxygens (including phenoxy) is 1. The van der Waals surface area contributed by atoms with E-state index in [9.17, 15) is 4.39 Å². The molecule has 0 fully saturated rings. The molecule has 0 saturated heterocycles. The van der Waals surface area contributed by atoms with Gasteiger partial charge in [0.25, 0.3) is 0 Å². The molecule has 3 rings (SSSR count). The minimum absolute atomic E-state index is 0.160. The predicted octanol–water partition coefficient (Wildman–Crippen LogP) is 3.64. The van der Waals surface area contributed by atoms with Gasteiger partial charge in [-0.1, -0.05) is 24.3 Å². The number of nitrogens with zero attached hydrogens (tertiary/aromatic N) is 4. The van der Waals surface area contributed by atoms with Crippen molar-refractivity contribution >= 4 is 11.9 Å². The lowest BCUT2D eigenvalue weighted by molar-refractivity contribution is 0.272. The van der Waals surface area contributed by atoms with E-state index in [4.69, 9.17) is 4.74 Å². The summed E-state index contributed by atoms with van der Waals surface area (Å²) >= 11 is 0. The zero-order chi connectivity index (χ0) is 18.4. The molecule has 0 aliphatic heterocycles. The number of nitrogens with one attached hydrogen (secondary N) is 1. The molecule has 1 N–H and O–H groups in total. The first-order chi connectivity index (χ1) is 12.7. The summed E-state index contributed by atoms with van der Waals surface area (Å²) in [5.41, 5.74) is 3.34. The molecular weight excluding hydrogens is 333 g/mol. The zero-order valence-electron chi connectivity index (χ0n) is 14.7. The second-order valence-electron chi connectivity index (χ2n) is 5.63. The van der Waals surface area contributed by atoms with Crippen LogP contribution in [-0.2, 0) is 18.3 Å². The molecule has 0 atom stereocenters. The van der Waals surface area contributed by atoms with Crippen LogP contribution in [0.1, 0.15) is 18.2 Å². The number of rotatable bonds is 7. The summed E-state index contributed by atoms with van der Waals surface area (Å²) in [5.74, 6) is -0.345. The van der Waals surface area contributed by atoms with Crippen LogP contribution in [-0.4, -0.2) is 26.4 Å². The van der Waals surface area contributed by atoms with Crippen LogP contribution in [0.25, 0.3) is 17.2 Å². The molecule has 0 saturated carbocycles. The van der Waals surface area contributed by atoms with E-state index in [-0.39, 0.29) is 11.5 Å². The number of hydrogen-bond donors (Lipinski definition) is 1. The maximum atomic E-state index is 14.4. The topological polar surface area (TPSA) is 64.9 Å². The van der Waals surface area contributed by atoms with Crippen LogP contribution in [0.5, 0.6) is 0 Å². The SMILES string of the molecule is CCO/C=C/c1ncnc(NCc2ccc(-c3cnn(C)c3)cc2)c1F. The van der Waals surface area contributed by atoms with Crippen LogP contribution in [0, 0.1) is 5.82 Å². The summed E-state index contributed by atoms with van der Waals surface area (Å²) in [6.45, 7) is 2.83. The molecule has 0 unspecified atom stereocenters. The first kappa shape index (κ1) is 17.6. The van der Waals surface area contributed by atoms with Crippen molar-refractivity contribution in [3.63, 3.8) is 0 Å². The van der Waals surface area contributed by atoms with E-state index >= 15 is 0 Å². The number of anilines is 1. The molecule has 134 valence electrons. The highest BCUT2D eigenvalue weighted by molar-refractivity contribution is 5.62. The Morgan fingerprint density at radius 3 is 2.69 bits per heavy atom. The number of benzene rings is 1. The fourth-order valence-corrected chi connectivity index (χ4v) is 2.40. The molecule has 0 aliphatic carbocycles. The van der Waals surface area contributed by atoms with Crippen molar-refractivity contribution in [3.8, 4) is 11.1 Å². The highest BCUT2D eigenvalue weighted by Crippen LogP contribution is 2.20. The Hall–Kier alpha value is -3.22. The molecular formula is C19H20FN5O. The van der Waals surface area contributed by atoms with Crippen molar-refractivity contribution in [1.29, 1.82) is 0 Å². The second kappa shape index (κ2) is 8.24. The third-order valence-electron chi connectivity index (χ3n) is 3.76. The second-order valence-corrected chi connectivity index (χ2v) is 5.63. The number of halogens is 1. The van der Waals surface area contributed by atoms with E-state index in [2.05, 4.69) is 20.4 Å². The zero-order valence-corrected chi connectivity index (χ0v) is 14.7. The van der Waals surface area contributed by atoms with E-state index < -0.39 is 5.82 Å². The first-order valence-electron chi connectivity index (χ1n) is 8.28. The fraction of sp³-hybridized carbons (Fsp3) is 0.211. The molecule has 0 amide bonds. The average molecular weight is 353 g/mol. The van der Waals surface area contributed by atoms with Gasteiger partial charge in [-0.15, -0.1) is 0 Å². The molecule has 0 bridgehead atoms. The van der Waals surface area contributed by atoms with Crippen LogP contribution in [0.4, 0.5) is 10.2 Å². The summed E-state index contributed by atoms with van der Waals surface area (Å²) in [5, 5.41) is 7.18. The first-order valence-corrected chi connectivity index (χ1v) is 8.28. The highest BCUT2D eigenvalue weighted by atomic mass is 19.1. The van der Waals surface area contributed by atoms with E-state index in [0.29, 0.717) is 13.2 Å². The quantitative estimate of drug-likeness (QED) is 0.657. The van der Waals surface area contributed by atoms with Crippen LogP contribution in [0.2, 0.25) is 0 Å². The minimum atomic E-state index is -0.504. The van der Waals surface area contributed by atoms with Crippen molar-refractivity contribution < 1.29 is 9.13 Å². The van der Waals surface area contributed by atoms with Gasteiger partial charge in [0, 0.05) is 31.4 Å². The summed E-state index contributed by atoms with van der Waals surface area (Å²) < 4.78 is 21.2. The standard InChI is InChI=1S/C19H20FN5O/c1-3-26-9-8-17-18(20)19(23-13-22-17)21-10-14-4-6-15(7-5-14)16-11-24-25(2)12-16/h4-9,11-13H,3,10H2,1-2H3,(H,21,22,23)/b9-8+. The molecule has 0 spiro atoms. The van der Waals surface area contributed by atoms with E-state index in [1.807, 2.05) is 50.6 Å². The summed E-state index contributed by atoms with van der Waals surface area (Å²) in [7, 11) is 1.88. The van der Waals surface area contributed by atoms with Gasteiger partial charge in [-0.2, -0.15) is 5.10 Å². The molecule has 3 aromatic rings. The molecule has 1 aromatic carbocycles. The molecule has 7 heteroatoms. The van der Waals surface area contributed by atoms with Crippen LogP contribution in [0.15, 0.2) is 49.2 Å². The van der Waals surface area contributed by atoms with Crippen molar-refractivity contribution in [2.75, 3.05) is 11.9 Å². The predicted molar refractivity (Wildman–Crippen MR) is 98.6 cm³/mol. The Kier molecular flexibility index (Phi) is 5.58. The van der Waals surface area contributed by atoms with Gasteiger partial charge in [0.15, 0.2) is 11.6 Å². The molecule has 26 heavy (non-hydrogen) atoms. The Labute approximate surface area is 151 Å². The lowest BCUT2D eigenvalue weighted by Crippen LogP contribution is -2.05. The number of aromatic nitrogens is 4. The van der Waals surface area contributed by atoms with Crippen molar-refractivity contribution in [1.82, 2.24) is 19.7 Å². The maximum Gasteiger partial charge on any atom is 0.191 e. The van der Waals surface area contributed by atoms with Gasteiger partial charge in [0.2, 0.25) is 0 Å². The fourth-order valence-electron chi connectivity index (χ4n) is 2.40. The van der Waals surface area contributed by atoms with Gasteiger partial charge in [-0.05, 0) is 18.1 Å². The Balaban J connectivity index is 1.66. The molecule has 2 heterocycles. The highest BCUT2D eigenvalue weighted by Gasteiger charge is 2.09. The minimum Gasteiger partial charge on any atom is -0.501 e. The molecule has 0 radical (unpaired) electrons. The summed E-state index contributed by atoms with van der Waals surface area (Å²) in [6, 6.07) is 8.01. The Bertz CT molecular complexity index is 889. The summed E-state index contributed by atoms with van der Waals surface area (Å²) in [6.07, 6.45) is 8.00. The molecule has 2 aromatic heterocycles. The average Bonchev–Trinajstić information content (AvgIpc) is 3.09. The Morgan fingerprint density at radius 2 is 2.00 bits per heavy atom. The van der Waals surface area contributed by atoms with Crippen LogP contribution >= 0.6 is 0 Å². The van der Waals surface area contributed by atoms with Gasteiger partial charge in [-0.3, -0.25) is 4.68 Å². The van der Waals surface area contributed by atoms with E-state index in [1.54, 1.807) is 4.68 Å². The number of hydrogen-bond acceptors (Lipinski definition) is 5. The van der Waals surface area contributed by atoms with Gasteiger partial charge in [0.1, 0.15) is 12.0 Å². The number of aryl methyl sites for hydroxylation is 1. The third kappa shape index (κ3) is 4.24. The molecule has 0 aliphatic rings. The normalized spacial score (nSPS) is 11.0. The monoisotopic (exact) mass is 353 g/mol. The lowest BCUT2D eigenvalue weighted by atomic mass is 10.1. The van der Waals surface area contributed by atoms with E-state index in [1.165, 1.54) is 18.7 Å². The lowest BCUT2D eigenvalue weighted by Gasteiger charge is -2.08. The van der Waals surface area contributed by atoms with Crippen molar-refractivity contribution in [3.05, 3.63) is 66.3 Å². The van der Waals surface area contributed by atoms with E-state index in [0.717, 1.165) is 16.7 Å². The van der Waals surface area contributed by atoms with Gasteiger partial charge in [-0.25, -0.2) is 14.4 Å². The smallest absolute Gasteiger partial charge is 0.191 e. The van der Waals surface area contributed by atoms with Gasteiger partial charge in [0.05, 0.1) is 19.1 Å². The van der Waals surface area contributed by atoms with Gasteiger partial charge < -0.3 is 10.1 Å². The van der Waals surface area contributed by atoms with Crippen LogP contribution < -0.4 is 5.32 Å². The molecule has 6 nitrogen and oxygen atoms in total. The third-order valence-corrected chi connectivity index (χ3v) is 3.76. The van der Waals surface area contributed by atoms with Crippen molar-refractivity contribution in [2.45, 2.75) is 13.5 Å². The van der Waals surface area contributed by atoms with Crippen molar-refractivity contribution in [2.24, 2.45) is 7.05 Å². The summed E-state index contributed by atoms with van der Waals surface area (Å²) in [4.78, 5) is 7.88. The largest absolute Gasteiger partial charge is 0.501 e. The van der Waals surface area contributed by atoms with Gasteiger partial charge >= 0.3 is 0 Å². The maximum absolute atomic E-state index is 14.4.